The molecular formula is C28H36F2N4O5. The number of rotatable bonds is 7. The molecular weight excluding hydrogens is 510 g/mol. The quantitative estimate of drug-likeness (QED) is 0.419. The van der Waals surface area contributed by atoms with Crippen molar-refractivity contribution < 1.29 is 33.0 Å². The molecule has 3 atom stereocenters. The van der Waals surface area contributed by atoms with Crippen LogP contribution in [0, 0.1) is 18.6 Å². The van der Waals surface area contributed by atoms with E-state index in [1.807, 2.05) is 0 Å². The van der Waals surface area contributed by atoms with Gasteiger partial charge in [0.25, 0.3) is 11.8 Å². The van der Waals surface area contributed by atoms with Crippen molar-refractivity contribution in [3.63, 3.8) is 0 Å². The maximum atomic E-state index is 13.8. The summed E-state index contributed by atoms with van der Waals surface area (Å²) in [5, 5.41) is 19.4. The second kappa shape index (κ2) is 14.1. The van der Waals surface area contributed by atoms with Crippen molar-refractivity contribution in [3.05, 3.63) is 70.3 Å². The topological polar surface area (TPSA) is 120 Å². The molecule has 2 aliphatic heterocycles. The number of carbonyl (C=O) groups excluding carboxylic acids is 3. The van der Waals surface area contributed by atoms with Crippen molar-refractivity contribution >= 4 is 17.7 Å². The Bertz CT molecular complexity index is 1150. The lowest BCUT2D eigenvalue weighted by Crippen LogP contribution is -2.63. The normalized spacial score (nSPS) is 18.5. The monoisotopic (exact) mass is 546 g/mol. The van der Waals surface area contributed by atoms with E-state index in [0.29, 0.717) is 37.3 Å². The average Bonchev–Trinajstić information content (AvgIpc) is 3.42. The molecule has 2 aromatic carbocycles. The van der Waals surface area contributed by atoms with Crippen LogP contribution in [0.3, 0.4) is 0 Å². The Labute approximate surface area is 226 Å². The minimum atomic E-state index is -1.39. The largest absolute Gasteiger partial charge is 0.389 e. The van der Waals surface area contributed by atoms with E-state index in [9.17, 15) is 28.3 Å². The highest BCUT2D eigenvalue weighted by atomic mass is 19.1. The van der Waals surface area contributed by atoms with Crippen LogP contribution in [0.5, 0.6) is 0 Å². The van der Waals surface area contributed by atoms with Gasteiger partial charge >= 0.3 is 0 Å². The second-order valence-corrected chi connectivity index (χ2v) is 9.77. The van der Waals surface area contributed by atoms with Gasteiger partial charge in [0.1, 0.15) is 17.7 Å². The molecule has 2 heterocycles. The SMILES string of the molecule is COC.Cc1cc(C(=O)NC(Cc2cc(F)cc(F)c2)C(O)C2NCCNC2=O)cc(C(=O)N2CCCC2)c1. The Hall–Kier alpha value is -3.41. The molecule has 2 aromatic rings. The molecule has 0 radical (unpaired) electrons. The first-order valence-electron chi connectivity index (χ1n) is 12.9. The lowest BCUT2D eigenvalue weighted by Gasteiger charge is -2.33. The summed E-state index contributed by atoms with van der Waals surface area (Å²) >= 11 is 0. The number of aliphatic hydroxyl groups is 1. The zero-order chi connectivity index (χ0) is 28.5. The van der Waals surface area contributed by atoms with E-state index in [0.717, 1.165) is 31.0 Å². The number of methoxy groups -OCH3 is 1. The third-order valence-electron chi connectivity index (χ3n) is 6.50. The highest BCUT2D eigenvalue weighted by Crippen LogP contribution is 2.18. The number of nitrogens with one attached hydrogen (secondary N) is 3. The van der Waals surface area contributed by atoms with Crippen LogP contribution < -0.4 is 16.0 Å². The van der Waals surface area contributed by atoms with Crippen molar-refractivity contribution in [2.75, 3.05) is 40.4 Å². The summed E-state index contributed by atoms with van der Waals surface area (Å²) in [6.07, 6.45) is 0.358. The van der Waals surface area contributed by atoms with Gasteiger partial charge in [-0.15, -0.1) is 0 Å². The van der Waals surface area contributed by atoms with Crippen LogP contribution in [0.2, 0.25) is 0 Å². The minimum Gasteiger partial charge on any atom is -0.389 e. The van der Waals surface area contributed by atoms with Gasteiger partial charge in [-0.05, 0) is 67.6 Å². The van der Waals surface area contributed by atoms with Crippen LogP contribution in [0.4, 0.5) is 8.78 Å². The lowest BCUT2D eigenvalue weighted by molar-refractivity contribution is -0.127. The van der Waals surface area contributed by atoms with Crippen molar-refractivity contribution in [2.45, 2.75) is 44.4 Å². The summed E-state index contributed by atoms with van der Waals surface area (Å²) in [4.78, 5) is 40.2. The fourth-order valence-electron chi connectivity index (χ4n) is 4.76. The van der Waals surface area contributed by atoms with Gasteiger partial charge in [-0.2, -0.15) is 0 Å². The van der Waals surface area contributed by atoms with E-state index >= 15 is 0 Å². The fourth-order valence-corrected chi connectivity index (χ4v) is 4.76. The number of piperazine rings is 1. The number of likely N-dealkylation sites (tertiary alicyclic amines) is 1. The average molecular weight is 547 g/mol. The Kier molecular flexibility index (Phi) is 10.9. The van der Waals surface area contributed by atoms with Gasteiger partial charge in [-0.3, -0.25) is 14.4 Å². The molecule has 9 nitrogen and oxygen atoms in total. The first-order chi connectivity index (χ1) is 18.6. The van der Waals surface area contributed by atoms with Crippen LogP contribution in [0.1, 0.15) is 44.7 Å². The minimum absolute atomic E-state index is 0.127. The van der Waals surface area contributed by atoms with Crippen LogP contribution in [0.25, 0.3) is 0 Å². The molecule has 11 heteroatoms. The van der Waals surface area contributed by atoms with Crippen LogP contribution in [-0.4, -0.2) is 86.3 Å². The highest BCUT2D eigenvalue weighted by Gasteiger charge is 2.35. The summed E-state index contributed by atoms with van der Waals surface area (Å²) in [5.74, 6) is -2.75. The Morgan fingerprint density at radius 1 is 1.05 bits per heavy atom. The summed E-state index contributed by atoms with van der Waals surface area (Å²) in [5.41, 5.74) is 1.52. The van der Waals surface area contributed by atoms with Crippen LogP contribution >= 0.6 is 0 Å². The number of aliphatic hydroxyl groups excluding tert-OH is 1. The van der Waals surface area contributed by atoms with E-state index in [1.165, 1.54) is 6.07 Å². The number of aryl methyl sites for hydroxylation is 1. The number of carbonyl (C=O) groups is 3. The molecule has 4 N–H and O–H groups in total. The van der Waals surface area contributed by atoms with Crippen LogP contribution in [-0.2, 0) is 16.0 Å². The van der Waals surface area contributed by atoms with E-state index in [2.05, 4.69) is 20.7 Å². The Balaban J connectivity index is 0.00000134. The standard InChI is InChI=1S/C26H30F2N4O4.C2H6O/c1-15-8-17(13-18(9-15)26(36)32-6-2-3-7-32)24(34)31-21(12-16-10-19(27)14-20(28)11-16)23(33)22-25(35)30-5-4-29-22;1-3-2/h8-11,13-14,21-23,29,33H,2-7,12H2,1H3,(H,30,35)(H,31,34);1-2H3. The number of benzene rings is 2. The third kappa shape index (κ3) is 8.29. The Morgan fingerprint density at radius 3 is 2.28 bits per heavy atom. The molecule has 0 saturated carbocycles. The van der Waals surface area contributed by atoms with Crippen molar-refractivity contribution in [3.8, 4) is 0 Å². The number of amides is 3. The molecule has 4 rings (SSSR count). The smallest absolute Gasteiger partial charge is 0.253 e. The zero-order valence-electron chi connectivity index (χ0n) is 22.4. The highest BCUT2D eigenvalue weighted by molar-refractivity contribution is 6.00. The predicted octanol–water partition coefficient (Wildman–Crippen LogP) is 1.56. The molecule has 3 unspecified atom stereocenters. The lowest BCUT2D eigenvalue weighted by atomic mass is 9.94. The molecule has 0 bridgehead atoms. The third-order valence-corrected chi connectivity index (χ3v) is 6.50. The van der Waals surface area contributed by atoms with E-state index in [-0.39, 0.29) is 23.5 Å². The molecule has 0 spiro atoms. The van der Waals surface area contributed by atoms with Gasteiger partial charge in [0.05, 0.1) is 12.1 Å². The van der Waals surface area contributed by atoms with Gasteiger partial charge < -0.3 is 30.7 Å². The summed E-state index contributed by atoms with van der Waals surface area (Å²) in [7, 11) is 3.25. The summed E-state index contributed by atoms with van der Waals surface area (Å²) < 4.78 is 31.9. The number of hydrogen-bond acceptors (Lipinski definition) is 6. The van der Waals surface area contributed by atoms with Crippen LogP contribution in [0.15, 0.2) is 36.4 Å². The van der Waals surface area contributed by atoms with Crippen molar-refractivity contribution in [1.29, 1.82) is 0 Å². The molecule has 0 aromatic heterocycles. The number of ether oxygens (including phenoxy) is 1. The number of hydrogen-bond donors (Lipinski definition) is 4. The second-order valence-electron chi connectivity index (χ2n) is 9.77. The summed E-state index contributed by atoms with van der Waals surface area (Å²) in [6, 6.07) is 5.72. The maximum absolute atomic E-state index is 13.8. The van der Waals surface area contributed by atoms with E-state index in [4.69, 9.17) is 0 Å². The molecule has 2 fully saturated rings. The van der Waals surface area contributed by atoms with Gasteiger partial charge in [-0.25, -0.2) is 8.78 Å². The van der Waals surface area contributed by atoms with E-state index < -0.39 is 41.6 Å². The van der Waals surface area contributed by atoms with Crippen molar-refractivity contribution in [2.24, 2.45) is 0 Å². The predicted molar refractivity (Wildman–Crippen MR) is 141 cm³/mol. The van der Waals surface area contributed by atoms with Gasteiger partial charge in [0.2, 0.25) is 5.91 Å². The molecule has 2 aliphatic rings. The maximum Gasteiger partial charge on any atom is 0.253 e. The number of halogens is 2. The van der Waals surface area contributed by atoms with Gasteiger partial charge in [0, 0.05) is 57.6 Å². The summed E-state index contributed by atoms with van der Waals surface area (Å²) in [6.45, 7) is 3.93. The molecule has 0 aliphatic carbocycles. The first kappa shape index (κ1) is 30.1. The first-order valence-corrected chi connectivity index (χ1v) is 12.9. The molecule has 2 saturated heterocycles. The van der Waals surface area contributed by atoms with Gasteiger partial charge in [0.15, 0.2) is 0 Å². The zero-order valence-corrected chi connectivity index (χ0v) is 22.4. The number of nitrogens with zero attached hydrogens (tertiary/aromatic N) is 1. The molecule has 212 valence electrons. The molecule has 39 heavy (non-hydrogen) atoms. The van der Waals surface area contributed by atoms with E-state index in [1.54, 1.807) is 38.2 Å². The molecule has 3 amide bonds. The van der Waals surface area contributed by atoms with Crippen molar-refractivity contribution in [1.82, 2.24) is 20.9 Å². The van der Waals surface area contributed by atoms with Gasteiger partial charge in [-0.1, -0.05) is 0 Å². The fraction of sp³-hybridized carbons (Fsp3) is 0.464. The Morgan fingerprint density at radius 2 is 1.67 bits per heavy atom.